The molecule has 4 heteroatoms. The van der Waals surface area contributed by atoms with Crippen molar-refractivity contribution in [2.24, 2.45) is 11.7 Å². The Bertz CT molecular complexity index is 337. The molecule has 0 aromatic carbocycles. The highest BCUT2D eigenvalue weighted by Crippen LogP contribution is 2.19. The highest BCUT2D eigenvalue weighted by atomic mass is 15.3. The molecule has 1 aliphatic heterocycles. The quantitative estimate of drug-likeness (QED) is 0.856. The van der Waals surface area contributed by atoms with Gasteiger partial charge in [-0.3, -0.25) is 4.68 Å². The number of hydrogen-bond acceptors (Lipinski definition) is 3. The molecule has 1 aromatic rings. The van der Waals surface area contributed by atoms with Crippen LogP contribution >= 0.6 is 0 Å². The number of nitrogens with two attached hydrogens (primary N) is 1. The van der Waals surface area contributed by atoms with Crippen molar-refractivity contribution in [3.63, 3.8) is 0 Å². The molecule has 2 heterocycles. The van der Waals surface area contributed by atoms with Crippen LogP contribution in [0.1, 0.15) is 25.3 Å². The topological polar surface area (TPSA) is 47.1 Å². The van der Waals surface area contributed by atoms with E-state index in [9.17, 15) is 0 Å². The summed E-state index contributed by atoms with van der Waals surface area (Å²) in [5.74, 6) is 0.721. The molecule has 1 unspecified atom stereocenters. The Hall–Kier alpha value is -0.870. The fourth-order valence-corrected chi connectivity index (χ4v) is 2.54. The minimum absolute atomic E-state index is 0.353. The Kier molecular flexibility index (Phi) is 4.18. The molecule has 0 saturated carbocycles. The van der Waals surface area contributed by atoms with Crippen molar-refractivity contribution in [3.8, 4) is 0 Å². The Labute approximate surface area is 104 Å². The Balaban J connectivity index is 1.71. The molecule has 2 N–H and O–H groups in total. The Morgan fingerprint density at radius 1 is 1.41 bits per heavy atom. The number of nitrogens with zero attached hydrogens (tertiary/aromatic N) is 3. The first-order chi connectivity index (χ1) is 8.15. The maximum atomic E-state index is 5.95. The fourth-order valence-electron chi connectivity index (χ4n) is 2.54. The van der Waals surface area contributed by atoms with Crippen molar-refractivity contribution < 1.29 is 0 Å². The molecule has 0 radical (unpaired) electrons. The van der Waals surface area contributed by atoms with Gasteiger partial charge in [0.05, 0.1) is 12.7 Å². The van der Waals surface area contributed by atoms with Crippen molar-refractivity contribution in [1.82, 2.24) is 14.7 Å². The first-order valence-corrected chi connectivity index (χ1v) is 6.62. The molecule has 1 aromatic heterocycles. The Morgan fingerprint density at radius 3 is 2.65 bits per heavy atom. The third-order valence-corrected chi connectivity index (χ3v) is 3.78. The van der Waals surface area contributed by atoms with E-state index in [2.05, 4.69) is 30.0 Å². The van der Waals surface area contributed by atoms with E-state index >= 15 is 0 Å². The van der Waals surface area contributed by atoms with Crippen LogP contribution in [0.3, 0.4) is 0 Å². The highest BCUT2D eigenvalue weighted by Gasteiger charge is 2.21. The van der Waals surface area contributed by atoms with Gasteiger partial charge in [-0.05, 0) is 51.3 Å². The SMILES string of the molecule is Cc1cnn(CCN2CCC(C(C)N)CC2)c1. The van der Waals surface area contributed by atoms with E-state index in [1.54, 1.807) is 0 Å². The summed E-state index contributed by atoms with van der Waals surface area (Å²) in [6, 6.07) is 0.353. The van der Waals surface area contributed by atoms with Crippen LogP contribution < -0.4 is 5.73 Å². The standard InChI is InChI=1S/C13H24N4/c1-11-9-15-17(10-11)8-7-16-5-3-13(4-6-16)12(2)14/h9-10,12-13H,3-8,14H2,1-2H3. The normalized spacial score (nSPS) is 20.6. The number of aromatic nitrogens is 2. The van der Waals surface area contributed by atoms with E-state index in [1.165, 1.54) is 31.5 Å². The zero-order valence-electron chi connectivity index (χ0n) is 11.0. The molecule has 1 fully saturated rings. The molecule has 1 aliphatic rings. The predicted octanol–water partition coefficient (Wildman–Crippen LogP) is 1.25. The minimum Gasteiger partial charge on any atom is -0.328 e. The van der Waals surface area contributed by atoms with Crippen LogP contribution in [0.25, 0.3) is 0 Å². The van der Waals surface area contributed by atoms with Crippen molar-refractivity contribution in [3.05, 3.63) is 18.0 Å². The summed E-state index contributed by atoms with van der Waals surface area (Å²) in [6.45, 7) is 8.69. The molecule has 1 saturated heterocycles. The van der Waals surface area contributed by atoms with E-state index < -0.39 is 0 Å². The van der Waals surface area contributed by atoms with Gasteiger partial charge < -0.3 is 10.6 Å². The number of piperidine rings is 1. The van der Waals surface area contributed by atoms with Gasteiger partial charge in [0, 0.05) is 18.8 Å². The lowest BCUT2D eigenvalue weighted by atomic mass is 9.91. The van der Waals surface area contributed by atoms with Gasteiger partial charge in [0.25, 0.3) is 0 Å². The average Bonchev–Trinajstić information content (AvgIpc) is 2.73. The lowest BCUT2D eigenvalue weighted by molar-refractivity contribution is 0.166. The third kappa shape index (κ3) is 3.54. The summed E-state index contributed by atoms with van der Waals surface area (Å²) < 4.78 is 2.03. The molecule has 1 atom stereocenters. The van der Waals surface area contributed by atoms with Crippen LogP contribution in [0.2, 0.25) is 0 Å². The van der Waals surface area contributed by atoms with E-state index in [1.807, 2.05) is 10.9 Å². The lowest BCUT2D eigenvalue weighted by Crippen LogP contribution is -2.40. The van der Waals surface area contributed by atoms with Gasteiger partial charge >= 0.3 is 0 Å². The molecule has 0 amide bonds. The zero-order valence-corrected chi connectivity index (χ0v) is 11.0. The van der Waals surface area contributed by atoms with Crippen LogP contribution in [0.4, 0.5) is 0 Å². The van der Waals surface area contributed by atoms with Crippen LogP contribution in [0.15, 0.2) is 12.4 Å². The second kappa shape index (κ2) is 5.65. The molecule has 4 nitrogen and oxygen atoms in total. The summed E-state index contributed by atoms with van der Waals surface area (Å²) in [5, 5.41) is 4.31. The first kappa shape index (κ1) is 12.6. The van der Waals surface area contributed by atoms with Crippen molar-refractivity contribution in [2.45, 2.75) is 39.3 Å². The fraction of sp³-hybridized carbons (Fsp3) is 0.769. The molecule has 0 bridgehead atoms. The monoisotopic (exact) mass is 236 g/mol. The number of rotatable bonds is 4. The van der Waals surface area contributed by atoms with Crippen LogP contribution in [-0.4, -0.2) is 40.4 Å². The summed E-state index contributed by atoms with van der Waals surface area (Å²) in [5.41, 5.74) is 7.18. The smallest absolute Gasteiger partial charge is 0.0536 e. The van der Waals surface area contributed by atoms with Crippen LogP contribution in [0, 0.1) is 12.8 Å². The summed E-state index contributed by atoms with van der Waals surface area (Å²) in [6.07, 6.45) is 6.52. The maximum absolute atomic E-state index is 5.95. The van der Waals surface area contributed by atoms with Gasteiger partial charge in [0.15, 0.2) is 0 Å². The van der Waals surface area contributed by atoms with Gasteiger partial charge in [0.2, 0.25) is 0 Å². The third-order valence-electron chi connectivity index (χ3n) is 3.78. The summed E-state index contributed by atoms with van der Waals surface area (Å²) >= 11 is 0. The summed E-state index contributed by atoms with van der Waals surface area (Å²) in [7, 11) is 0. The highest BCUT2D eigenvalue weighted by molar-refractivity contribution is 4.99. The molecule has 0 spiro atoms. The van der Waals surface area contributed by atoms with Crippen LogP contribution in [0.5, 0.6) is 0 Å². The molecular formula is C13H24N4. The molecule has 0 aliphatic carbocycles. The lowest BCUT2D eigenvalue weighted by Gasteiger charge is -2.33. The predicted molar refractivity (Wildman–Crippen MR) is 69.8 cm³/mol. The van der Waals surface area contributed by atoms with E-state index in [0.717, 1.165) is 19.0 Å². The van der Waals surface area contributed by atoms with Crippen molar-refractivity contribution in [2.75, 3.05) is 19.6 Å². The van der Waals surface area contributed by atoms with Gasteiger partial charge in [-0.1, -0.05) is 0 Å². The zero-order chi connectivity index (χ0) is 12.3. The number of aryl methyl sites for hydroxylation is 1. The summed E-state index contributed by atoms with van der Waals surface area (Å²) in [4.78, 5) is 2.52. The van der Waals surface area contributed by atoms with Gasteiger partial charge in [-0.25, -0.2) is 0 Å². The molecule has 17 heavy (non-hydrogen) atoms. The van der Waals surface area contributed by atoms with Crippen LogP contribution in [-0.2, 0) is 6.54 Å². The molecule has 96 valence electrons. The van der Waals surface area contributed by atoms with Gasteiger partial charge in [0.1, 0.15) is 0 Å². The molecular weight excluding hydrogens is 212 g/mol. The van der Waals surface area contributed by atoms with Gasteiger partial charge in [-0.15, -0.1) is 0 Å². The van der Waals surface area contributed by atoms with E-state index in [4.69, 9.17) is 5.73 Å². The van der Waals surface area contributed by atoms with E-state index in [-0.39, 0.29) is 0 Å². The number of likely N-dealkylation sites (tertiary alicyclic amines) is 1. The number of hydrogen-bond donors (Lipinski definition) is 1. The largest absolute Gasteiger partial charge is 0.328 e. The minimum atomic E-state index is 0.353. The first-order valence-electron chi connectivity index (χ1n) is 6.62. The molecule has 2 rings (SSSR count). The van der Waals surface area contributed by atoms with Crippen molar-refractivity contribution in [1.29, 1.82) is 0 Å². The second-order valence-electron chi connectivity index (χ2n) is 5.32. The van der Waals surface area contributed by atoms with E-state index in [0.29, 0.717) is 6.04 Å². The Morgan fingerprint density at radius 2 is 2.12 bits per heavy atom. The van der Waals surface area contributed by atoms with Gasteiger partial charge in [-0.2, -0.15) is 5.10 Å². The average molecular weight is 236 g/mol. The maximum Gasteiger partial charge on any atom is 0.0536 e. The van der Waals surface area contributed by atoms with Crippen molar-refractivity contribution >= 4 is 0 Å². The second-order valence-corrected chi connectivity index (χ2v) is 5.32.